The number of nitrogens with zero attached hydrogens (tertiary/aromatic N) is 4. The zero-order chi connectivity index (χ0) is 18.8. The van der Waals surface area contributed by atoms with Crippen LogP contribution < -0.4 is 4.90 Å². The van der Waals surface area contributed by atoms with Crippen LogP contribution in [0.4, 0.5) is 5.82 Å². The van der Waals surface area contributed by atoms with E-state index >= 15 is 0 Å². The van der Waals surface area contributed by atoms with Crippen molar-refractivity contribution >= 4 is 16.9 Å². The van der Waals surface area contributed by atoms with Gasteiger partial charge in [0.05, 0.1) is 23.4 Å². The highest BCUT2D eigenvalue weighted by Gasteiger charge is 2.25. The summed E-state index contributed by atoms with van der Waals surface area (Å²) in [5.41, 5.74) is 5.77. The van der Waals surface area contributed by atoms with Crippen molar-refractivity contribution in [1.29, 1.82) is 0 Å². The predicted octanol–water partition coefficient (Wildman–Crippen LogP) is 4.33. The molecule has 4 aromatic rings. The molecule has 0 radical (unpaired) electrons. The van der Waals surface area contributed by atoms with E-state index in [-0.39, 0.29) is 0 Å². The zero-order valence-electron chi connectivity index (χ0n) is 15.8. The quantitative estimate of drug-likeness (QED) is 0.582. The molecule has 2 aromatic heterocycles. The van der Waals surface area contributed by atoms with E-state index in [1.54, 1.807) is 0 Å². The van der Waals surface area contributed by atoms with Crippen LogP contribution in [-0.2, 0) is 6.42 Å². The monoisotopic (exact) mass is 369 g/mol. The van der Waals surface area contributed by atoms with Gasteiger partial charge in [0.2, 0.25) is 0 Å². The molecule has 5 nitrogen and oxygen atoms in total. The second-order valence-corrected chi connectivity index (χ2v) is 7.47. The summed E-state index contributed by atoms with van der Waals surface area (Å²) in [6.45, 7) is 1.96. The number of aromatic nitrogens is 4. The van der Waals surface area contributed by atoms with E-state index < -0.39 is 0 Å². The second kappa shape index (κ2) is 7.43. The second-order valence-electron chi connectivity index (χ2n) is 7.47. The highest BCUT2D eigenvalue weighted by molar-refractivity contribution is 5.75. The minimum absolute atomic E-state index is 0.434. The molecule has 2 aromatic carbocycles. The number of H-pyrrole nitrogens is 1. The summed E-state index contributed by atoms with van der Waals surface area (Å²) in [5.74, 6) is 1.40. The number of aromatic amines is 1. The van der Waals surface area contributed by atoms with Gasteiger partial charge in [-0.3, -0.25) is 10.1 Å². The van der Waals surface area contributed by atoms with Gasteiger partial charge in [0.25, 0.3) is 0 Å². The van der Waals surface area contributed by atoms with Gasteiger partial charge in [-0.15, -0.1) is 0 Å². The maximum absolute atomic E-state index is 4.84. The Balaban J connectivity index is 1.38. The Morgan fingerprint density at radius 1 is 0.964 bits per heavy atom. The molecule has 0 aliphatic carbocycles. The van der Waals surface area contributed by atoms with Gasteiger partial charge < -0.3 is 4.90 Å². The summed E-state index contributed by atoms with van der Waals surface area (Å²) < 4.78 is 0. The molecule has 3 heterocycles. The van der Waals surface area contributed by atoms with Crippen LogP contribution in [0.2, 0.25) is 0 Å². The first-order valence-electron chi connectivity index (χ1n) is 9.89. The highest BCUT2D eigenvalue weighted by Crippen LogP contribution is 2.31. The van der Waals surface area contributed by atoms with E-state index in [4.69, 9.17) is 4.98 Å². The molecule has 0 bridgehead atoms. The minimum Gasteiger partial charge on any atom is -0.355 e. The number of piperidine rings is 1. The lowest BCUT2D eigenvalue weighted by molar-refractivity contribution is 0.496. The van der Waals surface area contributed by atoms with Crippen molar-refractivity contribution in [2.24, 2.45) is 0 Å². The first kappa shape index (κ1) is 16.9. The Hall–Kier alpha value is -3.21. The van der Waals surface area contributed by atoms with Crippen molar-refractivity contribution in [2.75, 3.05) is 18.0 Å². The molecule has 28 heavy (non-hydrogen) atoms. The number of benzene rings is 2. The predicted molar refractivity (Wildman–Crippen MR) is 112 cm³/mol. The molecule has 0 saturated carbocycles. The average Bonchev–Trinajstić information content (AvgIpc) is 3.22. The Kier molecular flexibility index (Phi) is 4.49. The van der Waals surface area contributed by atoms with Crippen molar-refractivity contribution in [2.45, 2.75) is 25.2 Å². The molecule has 1 saturated heterocycles. The number of rotatable bonds is 4. The van der Waals surface area contributed by atoms with Gasteiger partial charge in [0, 0.05) is 31.1 Å². The molecule has 5 heteroatoms. The number of fused-ring (bicyclic) bond motifs is 1. The fourth-order valence-electron chi connectivity index (χ4n) is 4.15. The molecule has 140 valence electrons. The molecule has 1 N–H and O–H groups in total. The van der Waals surface area contributed by atoms with Crippen LogP contribution in [0.25, 0.3) is 11.0 Å². The topological polar surface area (TPSA) is 57.7 Å². The Morgan fingerprint density at radius 2 is 1.79 bits per heavy atom. The van der Waals surface area contributed by atoms with Crippen molar-refractivity contribution in [1.82, 2.24) is 20.2 Å². The van der Waals surface area contributed by atoms with E-state index in [0.29, 0.717) is 5.92 Å². The third-order valence-corrected chi connectivity index (χ3v) is 5.58. The first-order valence-corrected chi connectivity index (χ1v) is 9.89. The molecule has 0 amide bonds. The van der Waals surface area contributed by atoms with E-state index in [2.05, 4.69) is 50.4 Å². The van der Waals surface area contributed by atoms with Gasteiger partial charge in [-0.1, -0.05) is 42.5 Å². The van der Waals surface area contributed by atoms with Crippen LogP contribution in [0.5, 0.6) is 0 Å². The lowest BCUT2D eigenvalue weighted by Crippen LogP contribution is -2.35. The summed E-state index contributed by atoms with van der Waals surface area (Å²) in [5, 5.41) is 7.65. The SMILES string of the molecule is c1ccc(Cc2cn[nH]c2[C@H]2CCCN(c3cnc4ccccc4n3)C2)cc1. The van der Waals surface area contributed by atoms with Gasteiger partial charge in [-0.25, -0.2) is 4.98 Å². The number of nitrogens with one attached hydrogen (secondary N) is 1. The van der Waals surface area contributed by atoms with Gasteiger partial charge in [0.15, 0.2) is 0 Å². The van der Waals surface area contributed by atoms with E-state index in [1.807, 2.05) is 36.7 Å². The lowest BCUT2D eigenvalue weighted by Gasteiger charge is -2.33. The van der Waals surface area contributed by atoms with Gasteiger partial charge >= 0.3 is 0 Å². The van der Waals surface area contributed by atoms with Crippen LogP contribution in [0.15, 0.2) is 67.0 Å². The van der Waals surface area contributed by atoms with Crippen molar-refractivity contribution < 1.29 is 0 Å². The Bertz CT molecular complexity index is 1070. The Labute approximate surface area is 164 Å². The molecule has 1 aliphatic rings. The van der Waals surface area contributed by atoms with Crippen LogP contribution in [0.3, 0.4) is 0 Å². The molecular formula is C23H23N5. The molecule has 0 unspecified atom stereocenters. The fraction of sp³-hybridized carbons (Fsp3) is 0.261. The minimum atomic E-state index is 0.434. The maximum Gasteiger partial charge on any atom is 0.147 e. The van der Waals surface area contributed by atoms with E-state index in [1.165, 1.54) is 23.2 Å². The van der Waals surface area contributed by atoms with E-state index in [9.17, 15) is 0 Å². The van der Waals surface area contributed by atoms with Crippen LogP contribution in [-0.4, -0.2) is 33.3 Å². The highest BCUT2D eigenvalue weighted by atomic mass is 15.2. The van der Waals surface area contributed by atoms with Crippen LogP contribution >= 0.6 is 0 Å². The number of anilines is 1. The smallest absolute Gasteiger partial charge is 0.147 e. The summed E-state index contributed by atoms with van der Waals surface area (Å²) in [6.07, 6.45) is 7.11. The van der Waals surface area contributed by atoms with Gasteiger partial charge in [-0.2, -0.15) is 5.10 Å². The molecule has 5 rings (SSSR count). The third-order valence-electron chi connectivity index (χ3n) is 5.58. The van der Waals surface area contributed by atoms with Crippen molar-refractivity contribution in [3.05, 3.63) is 83.8 Å². The molecular weight excluding hydrogens is 346 g/mol. The largest absolute Gasteiger partial charge is 0.355 e. The molecule has 0 spiro atoms. The molecule has 1 atom stereocenters. The molecule has 1 fully saturated rings. The van der Waals surface area contributed by atoms with Gasteiger partial charge in [0.1, 0.15) is 5.82 Å². The standard InChI is InChI=1S/C23H23N5/c1-2-7-17(8-3-1)13-19-14-25-27-23(19)18-9-6-12-28(16-18)22-15-24-20-10-4-5-11-21(20)26-22/h1-5,7-8,10-11,14-15,18H,6,9,12-13,16H2,(H,25,27)/t18-/m0/s1. The molecule has 1 aliphatic heterocycles. The normalized spacial score (nSPS) is 17.1. The number of hydrogen-bond acceptors (Lipinski definition) is 4. The maximum atomic E-state index is 4.84. The first-order chi connectivity index (χ1) is 13.9. The number of para-hydroxylation sites is 2. The van der Waals surface area contributed by atoms with E-state index in [0.717, 1.165) is 42.8 Å². The summed E-state index contributed by atoms with van der Waals surface area (Å²) in [6, 6.07) is 18.6. The number of hydrogen-bond donors (Lipinski definition) is 1. The van der Waals surface area contributed by atoms with Crippen molar-refractivity contribution in [3.63, 3.8) is 0 Å². The lowest BCUT2D eigenvalue weighted by atomic mass is 9.91. The third kappa shape index (κ3) is 3.36. The average molecular weight is 369 g/mol. The zero-order valence-corrected chi connectivity index (χ0v) is 15.8. The van der Waals surface area contributed by atoms with Crippen LogP contribution in [0, 0.1) is 0 Å². The van der Waals surface area contributed by atoms with Gasteiger partial charge in [-0.05, 0) is 36.1 Å². The summed E-state index contributed by atoms with van der Waals surface area (Å²) in [7, 11) is 0. The van der Waals surface area contributed by atoms with Crippen LogP contribution in [0.1, 0.15) is 35.6 Å². The van der Waals surface area contributed by atoms with Crippen molar-refractivity contribution in [3.8, 4) is 0 Å². The Morgan fingerprint density at radius 3 is 2.68 bits per heavy atom. The summed E-state index contributed by atoms with van der Waals surface area (Å²) >= 11 is 0. The fourth-order valence-corrected chi connectivity index (χ4v) is 4.15. The summed E-state index contributed by atoms with van der Waals surface area (Å²) in [4.78, 5) is 11.8.